The van der Waals surface area contributed by atoms with Crippen molar-refractivity contribution < 1.29 is 19.1 Å². The van der Waals surface area contributed by atoms with Gasteiger partial charge in [0.25, 0.3) is 5.91 Å². The Balaban J connectivity index is 1.44. The number of rotatable bonds is 5. The van der Waals surface area contributed by atoms with Crippen molar-refractivity contribution in [3.8, 4) is 22.8 Å². The number of aromatic nitrogens is 3. The lowest BCUT2D eigenvalue weighted by Gasteiger charge is -2.41. The first-order valence-electron chi connectivity index (χ1n) is 12.9. The van der Waals surface area contributed by atoms with Gasteiger partial charge in [0.15, 0.2) is 5.65 Å². The number of nitrogens with zero attached hydrogens (tertiary/aromatic N) is 5. The van der Waals surface area contributed by atoms with Crippen molar-refractivity contribution in [2.45, 2.75) is 39.3 Å². The van der Waals surface area contributed by atoms with E-state index in [9.17, 15) is 9.59 Å². The first-order valence-corrected chi connectivity index (χ1v) is 12.9. The Kier molecular flexibility index (Phi) is 6.86. The van der Waals surface area contributed by atoms with Crippen LogP contribution in [0.4, 0.5) is 10.6 Å². The highest BCUT2D eigenvalue weighted by Crippen LogP contribution is 2.31. The number of fused-ring (bicyclic) bond motifs is 1. The maximum absolute atomic E-state index is 12.6. The van der Waals surface area contributed by atoms with E-state index in [1.807, 2.05) is 88.4 Å². The third-order valence-corrected chi connectivity index (χ3v) is 6.42. The first-order chi connectivity index (χ1) is 18.6. The van der Waals surface area contributed by atoms with E-state index in [4.69, 9.17) is 20.3 Å². The fourth-order valence-corrected chi connectivity index (χ4v) is 4.68. The Labute approximate surface area is 226 Å². The van der Waals surface area contributed by atoms with Gasteiger partial charge in [-0.2, -0.15) is 9.61 Å². The van der Waals surface area contributed by atoms with E-state index < -0.39 is 11.5 Å². The zero-order chi connectivity index (χ0) is 27.7. The van der Waals surface area contributed by atoms with Crippen molar-refractivity contribution in [3.05, 3.63) is 72.4 Å². The molecule has 1 unspecified atom stereocenters. The highest BCUT2D eigenvalue weighted by atomic mass is 16.6. The third kappa shape index (κ3) is 5.50. The molecule has 3 heterocycles. The summed E-state index contributed by atoms with van der Waals surface area (Å²) >= 11 is 0. The lowest BCUT2D eigenvalue weighted by atomic mass is 10.1. The van der Waals surface area contributed by atoms with Crippen molar-refractivity contribution in [3.63, 3.8) is 0 Å². The van der Waals surface area contributed by atoms with Crippen LogP contribution in [0.1, 0.15) is 38.1 Å². The number of hydrogen-bond donors (Lipinski definition) is 1. The van der Waals surface area contributed by atoms with Gasteiger partial charge in [0, 0.05) is 37.4 Å². The Morgan fingerprint density at radius 1 is 0.974 bits per heavy atom. The molecule has 10 nitrogen and oxygen atoms in total. The van der Waals surface area contributed by atoms with Crippen LogP contribution in [0, 0.1) is 0 Å². The number of para-hydroxylation sites is 1. The van der Waals surface area contributed by atoms with E-state index in [1.165, 1.54) is 0 Å². The van der Waals surface area contributed by atoms with Gasteiger partial charge < -0.3 is 25.0 Å². The normalized spacial score (nSPS) is 15.8. The van der Waals surface area contributed by atoms with Crippen molar-refractivity contribution >= 4 is 23.5 Å². The number of anilines is 1. The molecule has 202 valence electrons. The van der Waals surface area contributed by atoms with Gasteiger partial charge in [-0.25, -0.2) is 9.78 Å². The molecule has 2 aromatic carbocycles. The zero-order valence-electron chi connectivity index (χ0n) is 22.5. The van der Waals surface area contributed by atoms with Crippen LogP contribution >= 0.6 is 0 Å². The van der Waals surface area contributed by atoms with Gasteiger partial charge in [-0.15, -0.1) is 0 Å². The number of benzene rings is 2. The molecule has 39 heavy (non-hydrogen) atoms. The molecule has 4 aromatic rings. The van der Waals surface area contributed by atoms with Gasteiger partial charge in [0.1, 0.15) is 34.2 Å². The average Bonchev–Trinajstić information content (AvgIpc) is 3.29. The van der Waals surface area contributed by atoms with E-state index in [2.05, 4.69) is 9.88 Å². The van der Waals surface area contributed by atoms with Gasteiger partial charge in [-0.3, -0.25) is 4.79 Å². The van der Waals surface area contributed by atoms with Gasteiger partial charge in [-0.05, 0) is 70.2 Å². The maximum Gasteiger partial charge on any atom is 0.410 e. The van der Waals surface area contributed by atoms with Crippen LogP contribution in [-0.2, 0) is 4.74 Å². The van der Waals surface area contributed by atoms with E-state index in [1.54, 1.807) is 15.6 Å². The molecule has 1 saturated heterocycles. The molecule has 0 radical (unpaired) electrons. The molecule has 2 amide bonds. The molecule has 2 aromatic heterocycles. The fraction of sp³-hybridized carbons (Fsp3) is 0.310. The standard InChI is InChI=1S/C29H32N6O4/c1-19-18-33(28(37)39-29(2,3)4)16-17-34(19)23-14-15-31-27-24(26(30)36)25(32-35(23)27)20-10-12-22(13-11-20)38-21-8-6-5-7-9-21/h5-15,19H,16-18H2,1-4H3,(H2,30,36). The van der Waals surface area contributed by atoms with E-state index in [-0.39, 0.29) is 17.7 Å². The SMILES string of the molecule is CC1CN(C(=O)OC(C)(C)C)CCN1c1ccnc2c(C(N)=O)c(-c3ccc(Oc4ccccc4)cc3)nn12. The van der Waals surface area contributed by atoms with Crippen molar-refractivity contribution in [2.24, 2.45) is 5.73 Å². The molecule has 10 heteroatoms. The molecule has 2 N–H and O–H groups in total. The van der Waals surface area contributed by atoms with E-state index in [0.717, 1.165) is 11.6 Å². The second-order valence-corrected chi connectivity index (χ2v) is 10.5. The average molecular weight is 529 g/mol. The van der Waals surface area contributed by atoms with Crippen LogP contribution < -0.4 is 15.4 Å². The summed E-state index contributed by atoms with van der Waals surface area (Å²) in [5.74, 6) is 1.53. The van der Waals surface area contributed by atoms with Crippen molar-refractivity contribution in [2.75, 3.05) is 24.5 Å². The molecule has 0 saturated carbocycles. The molecular formula is C29H32N6O4. The lowest BCUT2D eigenvalue weighted by Crippen LogP contribution is -2.55. The van der Waals surface area contributed by atoms with Gasteiger partial charge in [-0.1, -0.05) is 18.2 Å². The Morgan fingerprint density at radius 2 is 1.67 bits per heavy atom. The van der Waals surface area contributed by atoms with Crippen molar-refractivity contribution in [1.82, 2.24) is 19.5 Å². The summed E-state index contributed by atoms with van der Waals surface area (Å²) in [4.78, 5) is 33.5. The number of amides is 2. The molecule has 1 fully saturated rings. The summed E-state index contributed by atoms with van der Waals surface area (Å²) in [6.45, 7) is 9.14. The molecule has 1 atom stereocenters. The number of carbonyl (C=O) groups excluding carboxylic acids is 2. The van der Waals surface area contributed by atoms with Crippen LogP contribution in [0.15, 0.2) is 66.9 Å². The van der Waals surface area contributed by atoms with Gasteiger partial charge in [0.2, 0.25) is 0 Å². The third-order valence-electron chi connectivity index (χ3n) is 6.42. The number of carbonyl (C=O) groups is 2. The summed E-state index contributed by atoms with van der Waals surface area (Å²) in [7, 11) is 0. The maximum atomic E-state index is 12.6. The Morgan fingerprint density at radius 3 is 2.31 bits per heavy atom. The lowest BCUT2D eigenvalue weighted by molar-refractivity contribution is 0.0218. The highest BCUT2D eigenvalue weighted by molar-refractivity contribution is 6.04. The first kappa shape index (κ1) is 26.0. The van der Waals surface area contributed by atoms with Crippen LogP contribution in [0.3, 0.4) is 0 Å². The summed E-state index contributed by atoms with van der Waals surface area (Å²) in [5.41, 5.74) is 7.04. The van der Waals surface area contributed by atoms with Crippen LogP contribution in [0.25, 0.3) is 16.9 Å². The number of hydrogen-bond acceptors (Lipinski definition) is 7. The van der Waals surface area contributed by atoms with Crippen LogP contribution in [0.5, 0.6) is 11.5 Å². The number of ether oxygens (including phenoxy) is 2. The summed E-state index contributed by atoms with van der Waals surface area (Å²) in [5, 5.41) is 4.80. The molecule has 0 spiro atoms. The van der Waals surface area contributed by atoms with Gasteiger partial charge >= 0.3 is 6.09 Å². The molecular weight excluding hydrogens is 496 g/mol. The smallest absolute Gasteiger partial charge is 0.410 e. The predicted octanol–water partition coefficient (Wildman–Crippen LogP) is 4.73. The molecule has 5 rings (SSSR count). The Bertz CT molecular complexity index is 1490. The second kappa shape index (κ2) is 10.3. The van der Waals surface area contributed by atoms with Crippen molar-refractivity contribution in [1.29, 1.82) is 0 Å². The molecule has 0 bridgehead atoms. The molecule has 1 aliphatic rings. The van der Waals surface area contributed by atoms with E-state index in [0.29, 0.717) is 42.3 Å². The predicted molar refractivity (Wildman–Crippen MR) is 148 cm³/mol. The number of piperazine rings is 1. The minimum absolute atomic E-state index is 0.0315. The summed E-state index contributed by atoms with van der Waals surface area (Å²) in [6.07, 6.45) is 1.32. The summed E-state index contributed by atoms with van der Waals surface area (Å²) in [6, 6.07) is 18.6. The Hall–Kier alpha value is -4.60. The number of primary amides is 1. The zero-order valence-corrected chi connectivity index (χ0v) is 22.5. The van der Waals surface area contributed by atoms with E-state index >= 15 is 0 Å². The molecule has 0 aliphatic carbocycles. The monoisotopic (exact) mass is 528 g/mol. The van der Waals surface area contributed by atoms with Crippen LogP contribution in [-0.4, -0.2) is 62.8 Å². The molecule has 1 aliphatic heterocycles. The quantitative estimate of drug-likeness (QED) is 0.398. The topological polar surface area (TPSA) is 115 Å². The summed E-state index contributed by atoms with van der Waals surface area (Å²) < 4.78 is 13.1. The largest absolute Gasteiger partial charge is 0.457 e. The number of nitrogens with two attached hydrogens (primary N) is 1. The minimum Gasteiger partial charge on any atom is -0.457 e. The second-order valence-electron chi connectivity index (χ2n) is 10.5. The van der Waals surface area contributed by atoms with Gasteiger partial charge in [0.05, 0.1) is 0 Å². The highest BCUT2D eigenvalue weighted by Gasteiger charge is 2.32. The minimum atomic E-state index is -0.614. The van der Waals surface area contributed by atoms with Crippen LogP contribution in [0.2, 0.25) is 0 Å². The fourth-order valence-electron chi connectivity index (χ4n) is 4.68.